The van der Waals surface area contributed by atoms with Crippen LogP contribution in [0.2, 0.25) is 0 Å². The predicted octanol–water partition coefficient (Wildman–Crippen LogP) is 3.37. The van der Waals surface area contributed by atoms with Crippen molar-refractivity contribution in [3.63, 3.8) is 0 Å². The third-order valence-corrected chi connectivity index (χ3v) is 4.99. The molecule has 1 amide bonds. The number of amides is 1. The van der Waals surface area contributed by atoms with Gasteiger partial charge in [-0.25, -0.2) is 9.97 Å². The summed E-state index contributed by atoms with van der Waals surface area (Å²) >= 11 is 0. The molecule has 0 bridgehead atoms. The van der Waals surface area contributed by atoms with Crippen LogP contribution in [0.3, 0.4) is 0 Å². The highest BCUT2D eigenvalue weighted by molar-refractivity contribution is 6.10. The molecule has 3 heterocycles. The van der Waals surface area contributed by atoms with E-state index in [0.29, 0.717) is 34.4 Å². The molecule has 0 aliphatic heterocycles. The van der Waals surface area contributed by atoms with Crippen molar-refractivity contribution in [3.05, 3.63) is 95.8 Å². The highest BCUT2D eigenvalue weighted by Gasteiger charge is 2.24. The molecule has 8 nitrogen and oxygen atoms in total. The summed E-state index contributed by atoms with van der Waals surface area (Å²) in [6.45, 7) is 0.365. The number of carbonyl (C=O) groups excluding carboxylic acids is 1. The number of hydrogen-bond donors (Lipinski definition) is 2. The molecule has 0 atom stereocenters. The number of hydrogen-bond acceptors (Lipinski definition) is 6. The number of para-hydroxylation sites is 2. The minimum absolute atomic E-state index is 0.160. The molecule has 0 aliphatic carbocycles. The minimum Gasteiger partial charge on any atom is -0.383 e. The molecule has 2 aromatic carbocycles. The fourth-order valence-electron chi connectivity index (χ4n) is 3.42. The van der Waals surface area contributed by atoms with Gasteiger partial charge in [0.15, 0.2) is 5.65 Å². The largest absolute Gasteiger partial charge is 0.383 e. The lowest BCUT2D eigenvalue weighted by Gasteiger charge is -2.05. The van der Waals surface area contributed by atoms with E-state index in [9.17, 15) is 4.79 Å². The normalized spacial score (nSPS) is 11.4. The number of nitrogens with two attached hydrogens (primary N) is 1. The molecule has 5 rings (SSSR count). The lowest BCUT2D eigenvalue weighted by molar-refractivity contribution is 0.0953. The van der Waals surface area contributed by atoms with Crippen molar-refractivity contribution in [1.29, 1.82) is 0 Å². The monoisotopic (exact) mass is 421 g/mol. The minimum atomic E-state index is -0.340. The van der Waals surface area contributed by atoms with Gasteiger partial charge in [-0.05, 0) is 29.8 Å². The van der Waals surface area contributed by atoms with Gasteiger partial charge in [0.1, 0.15) is 16.9 Å². The number of aromatic nitrogens is 4. The van der Waals surface area contributed by atoms with Gasteiger partial charge in [-0.15, -0.1) is 0 Å². The molecule has 156 valence electrons. The van der Waals surface area contributed by atoms with Crippen molar-refractivity contribution in [3.8, 4) is 0 Å². The van der Waals surface area contributed by atoms with Gasteiger partial charge in [0.2, 0.25) is 0 Å². The van der Waals surface area contributed by atoms with Gasteiger partial charge < -0.3 is 11.1 Å². The topological polar surface area (TPSA) is 111 Å². The van der Waals surface area contributed by atoms with E-state index in [0.717, 1.165) is 5.56 Å². The summed E-state index contributed by atoms with van der Waals surface area (Å²) in [4.78, 5) is 26.7. The smallest absolute Gasteiger partial charge is 0.257 e. The molecule has 0 aliphatic rings. The van der Waals surface area contributed by atoms with Gasteiger partial charge in [-0.3, -0.25) is 9.78 Å². The van der Waals surface area contributed by atoms with Gasteiger partial charge in [0, 0.05) is 12.7 Å². The van der Waals surface area contributed by atoms with Crippen LogP contribution in [0, 0.1) is 0 Å². The lowest BCUT2D eigenvalue weighted by Crippen LogP contribution is -2.23. The van der Waals surface area contributed by atoms with E-state index in [1.165, 1.54) is 4.68 Å². The van der Waals surface area contributed by atoms with E-state index >= 15 is 0 Å². The Morgan fingerprint density at radius 1 is 0.969 bits per heavy atom. The van der Waals surface area contributed by atoms with Crippen molar-refractivity contribution >= 4 is 40.1 Å². The van der Waals surface area contributed by atoms with Gasteiger partial charge in [-0.1, -0.05) is 48.5 Å². The molecule has 0 saturated heterocycles. The van der Waals surface area contributed by atoms with E-state index in [-0.39, 0.29) is 17.3 Å². The summed E-state index contributed by atoms with van der Waals surface area (Å²) in [7, 11) is 0. The number of pyridine rings is 1. The zero-order valence-corrected chi connectivity index (χ0v) is 17.0. The molecule has 0 radical (unpaired) electrons. The summed E-state index contributed by atoms with van der Waals surface area (Å²) in [5.74, 6) is -0.180. The van der Waals surface area contributed by atoms with Gasteiger partial charge in [0.25, 0.3) is 5.91 Å². The first-order valence-electron chi connectivity index (χ1n) is 10.0. The third kappa shape index (κ3) is 3.65. The molecule has 0 saturated carbocycles. The summed E-state index contributed by atoms with van der Waals surface area (Å²) in [6.07, 6.45) is 3.24. The summed E-state index contributed by atoms with van der Waals surface area (Å²) in [5, 5.41) is 7.37. The Balaban J connectivity index is 1.61. The average Bonchev–Trinajstić information content (AvgIpc) is 3.11. The number of fused-ring (bicyclic) bond motifs is 2. The van der Waals surface area contributed by atoms with Crippen LogP contribution in [0.4, 0.5) is 5.82 Å². The van der Waals surface area contributed by atoms with E-state index in [4.69, 9.17) is 5.73 Å². The van der Waals surface area contributed by atoms with Crippen LogP contribution in [0.15, 0.2) is 84.1 Å². The Morgan fingerprint density at radius 3 is 2.44 bits per heavy atom. The van der Waals surface area contributed by atoms with Gasteiger partial charge in [0.05, 0.1) is 22.9 Å². The predicted molar refractivity (Wildman–Crippen MR) is 124 cm³/mol. The summed E-state index contributed by atoms with van der Waals surface area (Å²) < 4.78 is 1.43. The molecule has 0 spiro atoms. The van der Waals surface area contributed by atoms with E-state index < -0.39 is 0 Å². The maximum absolute atomic E-state index is 13.1. The van der Waals surface area contributed by atoms with E-state index in [1.807, 2.05) is 72.8 Å². The van der Waals surface area contributed by atoms with Crippen LogP contribution in [0.1, 0.15) is 21.6 Å². The quantitative estimate of drug-likeness (QED) is 0.423. The fourth-order valence-corrected chi connectivity index (χ4v) is 3.42. The Kier molecular flexibility index (Phi) is 5.01. The number of carbonyl (C=O) groups is 1. The molecule has 32 heavy (non-hydrogen) atoms. The third-order valence-electron chi connectivity index (χ3n) is 4.99. The first kappa shape index (κ1) is 19.4. The first-order valence-corrected chi connectivity index (χ1v) is 10.0. The van der Waals surface area contributed by atoms with Crippen LogP contribution in [0.5, 0.6) is 0 Å². The van der Waals surface area contributed by atoms with Crippen LogP contribution in [-0.2, 0) is 6.54 Å². The van der Waals surface area contributed by atoms with Crippen molar-refractivity contribution < 1.29 is 4.79 Å². The molecule has 0 fully saturated rings. The zero-order chi connectivity index (χ0) is 21.9. The maximum Gasteiger partial charge on any atom is 0.257 e. The van der Waals surface area contributed by atoms with Crippen LogP contribution < -0.4 is 11.1 Å². The van der Waals surface area contributed by atoms with Crippen molar-refractivity contribution in [1.82, 2.24) is 24.9 Å². The SMILES string of the molecule is Nc1c(C(=O)NCc2ccccc2)c2nc3ccccc3nc2n1/N=C\c1ccccn1. The number of benzene rings is 2. The zero-order valence-electron chi connectivity index (χ0n) is 17.0. The van der Waals surface area contributed by atoms with Crippen LogP contribution in [0.25, 0.3) is 22.2 Å². The second-order valence-electron chi connectivity index (χ2n) is 7.12. The Hall–Kier alpha value is -4.59. The van der Waals surface area contributed by atoms with Crippen molar-refractivity contribution in [2.24, 2.45) is 5.10 Å². The Labute approximate surface area is 183 Å². The second-order valence-corrected chi connectivity index (χ2v) is 7.12. The highest BCUT2D eigenvalue weighted by Crippen LogP contribution is 2.27. The molecular formula is C24H19N7O. The van der Waals surface area contributed by atoms with E-state index in [2.05, 4.69) is 25.4 Å². The number of nitrogens with zero attached hydrogens (tertiary/aromatic N) is 5. The summed E-state index contributed by atoms with van der Waals surface area (Å²) in [5.41, 5.74) is 10.4. The van der Waals surface area contributed by atoms with Crippen LogP contribution >= 0.6 is 0 Å². The Bertz CT molecular complexity index is 1440. The molecule has 3 aromatic heterocycles. The van der Waals surface area contributed by atoms with Gasteiger partial charge in [-0.2, -0.15) is 9.78 Å². The van der Waals surface area contributed by atoms with E-state index in [1.54, 1.807) is 12.4 Å². The molecule has 3 N–H and O–H groups in total. The maximum atomic E-state index is 13.1. The number of nitrogen functional groups attached to an aromatic ring is 1. The number of nitrogens with one attached hydrogen (secondary N) is 1. The second kappa shape index (κ2) is 8.27. The fraction of sp³-hybridized carbons (Fsp3) is 0.0417. The number of anilines is 1. The lowest BCUT2D eigenvalue weighted by atomic mass is 10.2. The highest BCUT2D eigenvalue weighted by atomic mass is 16.1. The molecule has 0 unspecified atom stereocenters. The number of rotatable bonds is 5. The Morgan fingerprint density at radius 2 is 1.69 bits per heavy atom. The molecule has 5 aromatic rings. The van der Waals surface area contributed by atoms with Crippen LogP contribution in [-0.4, -0.2) is 31.7 Å². The summed E-state index contributed by atoms with van der Waals surface area (Å²) in [6, 6.07) is 22.6. The first-order chi connectivity index (χ1) is 15.7. The van der Waals surface area contributed by atoms with Crippen molar-refractivity contribution in [2.75, 3.05) is 5.73 Å². The molecule has 8 heteroatoms. The average molecular weight is 421 g/mol. The standard InChI is InChI=1S/C24H19N7O/c25-22-20(24(32)27-14-16-8-2-1-3-9-16)21-23(30-19-12-5-4-11-18(19)29-21)31(22)28-15-17-10-6-7-13-26-17/h1-13,15H,14,25H2,(H,27,32)/b28-15-. The van der Waals surface area contributed by atoms with Gasteiger partial charge >= 0.3 is 0 Å². The van der Waals surface area contributed by atoms with Crippen molar-refractivity contribution in [2.45, 2.75) is 6.54 Å². The molecular weight excluding hydrogens is 402 g/mol.